The van der Waals surface area contributed by atoms with Crippen LogP contribution in [0, 0.1) is 6.92 Å². The van der Waals surface area contributed by atoms with Crippen molar-refractivity contribution in [1.82, 2.24) is 8.87 Å². The third-order valence-corrected chi connectivity index (χ3v) is 6.36. The maximum Gasteiger partial charge on any atom is 0.268 e. The predicted molar refractivity (Wildman–Crippen MR) is 102 cm³/mol. The minimum absolute atomic E-state index is 0.320. The molecule has 0 saturated heterocycles. The highest BCUT2D eigenvalue weighted by atomic mass is 32.2. The second-order valence-electron chi connectivity index (χ2n) is 6.24. The van der Waals surface area contributed by atoms with Gasteiger partial charge in [0.25, 0.3) is 10.0 Å². The van der Waals surface area contributed by atoms with Crippen molar-refractivity contribution in [3.8, 4) is 0 Å². The molecule has 3 aromatic rings. The van der Waals surface area contributed by atoms with E-state index >= 15 is 0 Å². The van der Waals surface area contributed by atoms with Crippen LogP contribution < -0.4 is 0 Å². The van der Waals surface area contributed by atoms with Crippen LogP contribution in [0.4, 0.5) is 0 Å². The molecule has 2 aromatic carbocycles. The van der Waals surface area contributed by atoms with E-state index < -0.39 is 10.0 Å². The molecule has 4 nitrogen and oxygen atoms in total. The highest BCUT2D eigenvalue weighted by Crippen LogP contribution is 2.26. The Morgan fingerprint density at radius 3 is 2.24 bits per heavy atom. The molecule has 0 aliphatic heterocycles. The molecule has 0 bridgehead atoms. The molecule has 0 unspecified atom stereocenters. The fourth-order valence-electron chi connectivity index (χ4n) is 3.07. The van der Waals surface area contributed by atoms with Gasteiger partial charge in [-0.2, -0.15) is 0 Å². The van der Waals surface area contributed by atoms with E-state index in [-0.39, 0.29) is 0 Å². The van der Waals surface area contributed by atoms with Gasteiger partial charge in [0.05, 0.1) is 10.4 Å². The predicted octanol–water partition coefficient (Wildman–Crippen LogP) is 4.03. The number of hydrogen-bond donors (Lipinski definition) is 0. The summed E-state index contributed by atoms with van der Waals surface area (Å²) in [5.41, 5.74) is 2.57. The summed E-state index contributed by atoms with van der Waals surface area (Å²) in [7, 11) is -3.64. The molecule has 0 saturated carbocycles. The normalized spacial score (nSPS) is 12.2. The number of rotatable bonds is 6. The lowest BCUT2D eigenvalue weighted by Crippen LogP contribution is -2.25. The van der Waals surface area contributed by atoms with Gasteiger partial charge in [-0.1, -0.05) is 49.7 Å². The van der Waals surface area contributed by atoms with E-state index in [2.05, 4.69) is 18.7 Å². The topological polar surface area (TPSA) is 42.3 Å². The van der Waals surface area contributed by atoms with Gasteiger partial charge in [0, 0.05) is 17.6 Å². The van der Waals surface area contributed by atoms with E-state index in [1.54, 1.807) is 12.1 Å². The molecule has 1 aromatic heterocycles. The monoisotopic (exact) mass is 356 g/mol. The van der Waals surface area contributed by atoms with Crippen LogP contribution in [0.5, 0.6) is 0 Å². The van der Waals surface area contributed by atoms with Gasteiger partial charge in [0.15, 0.2) is 0 Å². The largest absolute Gasteiger partial charge is 0.298 e. The van der Waals surface area contributed by atoms with Gasteiger partial charge in [-0.05, 0) is 44.3 Å². The molecule has 0 amide bonds. The molecular formula is C20H24N2O2S. The SMILES string of the molecule is CCN(CC)Cc1cc2ccccc2n1S(=O)(=O)c1ccc(C)cc1. The van der Waals surface area contributed by atoms with Crippen molar-refractivity contribution in [2.75, 3.05) is 13.1 Å². The molecule has 5 heteroatoms. The molecule has 1 heterocycles. The summed E-state index contributed by atoms with van der Waals surface area (Å²) < 4.78 is 28.2. The first-order valence-electron chi connectivity index (χ1n) is 8.61. The average molecular weight is 356 g/mol. The summed E-state index contributed by atoms with van der Waals surface area (Å²) in [5, 5.41) is 0.945. The summed E-state index contributed by atoms with van der Waals surface area (Å²) in [5.74, 6) is 0. The number of hydrogen-bond acceptors (Lipinski definition) is 3. The standard InChI is InChI=1S/C20H24N2O2S/c1-4-21(5-2)15-18-14-17-8-6-7-9-20(17)22(18)25(23,24)19-12-10-16(3)11-13-19/h6-14H,4-5,15H2,1-3H3. The van der Waals surface area contributed by atoms with Gasteiger partial charge >= 0.3 is 0 Å². The smallest absolute Gasteiger partial charge is 0.268 e. The summed E-state index contributed by atoms with van der Waals surface area (Å²) in [6.07, 6.45) is 0. The van der Waals surface area contributed by atoms with Gasteiger partial charge in [0.2, 0.25) is 0 Å². The minimum Gasteiger partial charge on any atom is -0.298 e. The molecular weight excluding hydrogens is 332 g/mol. The molecule has 25 heavy (non-hydrogen) atoms. The number of aryl methyl sites for hydroxylation is 1. The minimum atomic E-state index is -3.64. The summed E-state index contributed by atoms with van der Waals surface area (Å²) in [6.45, 7) is 8.49. The third kappa shape index (κ3) is 3.34. The molecule has 0 radical (unpaired) electrons. The summed E-state index contributed by atoms with van der Waals surface area (Å²) in [6, 6.07) is 16.7. The highest BCUT2D eigenvalue weighted by molar-refractivity contribution is 7.90. The van der Waals surface area contributed by atoms with Crippen molar-refractivity contribution in [2.45, 2.75) is 32.2 Å². The van der Waals surface area contributed by atoms with E-state index in [9.17, 15) is 8.42 Å². The lowest BCUT2D eigenvalue weighted by Gasteiger charge is -2.20. The Balaban J connectivity index is 2.20. The van der Waals surface area contributed by atoms with Gasteiger partial charge in [-0.15, -0.1) is 0 Å². The molecule has 0 aliphatic rings. The first-order chi connectivity index (χ1) is 12.0. The van der Waals surface area contributed by atoms with Gasteiger partial charge in [0.1, 0.15) is 0 Å². The zero-order valence-corrected chi connectivity index (χ0v) is 15.8. The second-order valence-corrected chi connectivity index (χ2v) is 8.03. The fraction of sp³-hybridized carbons (Fsp3) is 0.300. The summed E-state index contributed by atoms with van der Waals surface area (Å²) >= 11 is 0. The van der Waals surface area contributed by atoms with Crippen molar-refractivity contribution >= 4 is 20.9 Å². The molecule has 0 N–H and O–H groups in total. The zero-order chi connectivity index (χ0) is 18.0. The number of para-hydroxylation sites is 1. The molecule has 0 aliphatic carbocycles. The third-order valence-electron chi connectivity index (χ3n) is 4.58. The number of benzene rings is 2. The van der Waals surface area contributed by atoms with Crippen LogP contribution in [0.15, 0.2) is 59.5 Å². The summed E-state index contributed by atoms with van der Waals surface area (Å²) in [4.78, 5) is 2.54. The Bertz CT molecular complexity index is 969. The lowest BCUT2D eigenvalue weighted by atomic mass is 10.2. The van der Waals surface area contributed by atoms with Gasteiger partial charge in [-0.25, -0.2) is 12.4 Å². The first-order valence-corrected chi connectivity index (χ1v) is 10.0. The second kappa shape index (κ2) is 7.02. The molecule has 0 atom stereocenters. The zero-order valence-electron chi connectivity index (χ0n) is 14.9. The van der Waals surface area contributed by atoms with Crippen LogP contribution in [-0.2, 0) is 16.6 Å². The number of nitrogens with zero attached hydrogens (tertiary/aromatic N) is 2. The van der Waals surface area contributed by atoms with Gasteiger partial charge in [-0.3, -0.25) is 4.90 Å². The maximum absolute atomic E-state index is 13.3. The van der Waals surface area contributed by atoms with Crippen LogP contribution in [-0.4, -0.2) is 30.4 Å². The number of fused-ring (bicyclic) bond motifs is 1. The van der Waals surface area contributed by atoms with Crippen molar-refractivity contribution in [1.29, 1.82) is 0 Å². The van der Waals surface area contributed by atoms with E-state index in [1.807, 2.05) is 49.4 Å². The first kappa shape index (κ1) is 17.7. The van der Waals surface area contributed by atoms with Crippen molar-refractivity contribution < 1.29 is 8.42 Å². The Kier molecular flexibility index (Phi) is 4.97. The molecule has 0 spiro atoms. The van der Waals surface area contributed by atoms with Crippen molar-refractivity contribution in [2.24, 2.45) is 0 Å². The lowest BCUT2D eigenvalue weighted by molar-refractivity contribution is 0.292. The number of aromatic nitrogens is 1. The van der Waals surface area contributed by atoms with E-state index in [1.165, 1.54) is 3.97 Å². The van der Waals surface area contributed by atoms with Crippen LogP contribution in [0.25, 0.3) is 10.9 Å². The molecule has 132 valence electrons. The quantitative estimate of drug-likeness (QED) is 0.670. The van der Waals surface area contributed by atoms with Gasteiger partial charge < -0.3 is 0 Å². The Labute approximate surface area is 149 Å². The fourth-order valence-corrected chi connectivity index (χ4v) is 4.61. The van der Waals surface area contributed by atoms with E-state index in [0.717, 1.165) is 35.2 Å². The Hall–Kier alpha value is -2.11. The van der Waals surface area contributed by atoms with Crippen LogP contribution >= 0.6 is 0 Å². The molecule has 0 fully saturated rings. The van der Waals surface area contributed by atoms with Crippen LogP contribution in [0.2, 0.25) is 0 Å². The van der Waals surface area contributed by atoms with Crippen LogP contribution in [0.1, 0.15) is 25.1 Å². The van der Waals surface area contributed by atoms with E-state index in [4.69, 9.17) is 0 Å². The van der Waals surface area contributed by atoms with Crippen molar-refractivity contribution in [3.05, 3.63) is 65.9 Å². The maximum atomic E-state index is 13.3. The Morgan fingerprint density at radius 2 is 1.60 bits per heavy atom. The average Bonchev–Trinajstić information content (AvgIpc) is 2.98. The van der Waals surface area contributed by atoms with Crippen LogP contribution in [0.3, 0.4) is 0 Å². The van der Waals surface area contributed by atoms with Crippen molar-refractivity contribution in [3.63, 3.8) is 0 Å². The Morgan fingerprint density at radius 1 is 0.960 bits per heavy atom. The molecule has 3 rings (SSSR count). The van der Waals surface area contributed by atoms with E-state index in [0.29, 0.717) is 11.4 Å². The highest BCUT2D eigenvalue weighted by Gasteiger charge is 2.23.